The van der Waals surface area contributed by atoms with Crippen LogP contribution in [0.5, 0.6) is 0 Å². The van der Waals surface area contributed by atoms with Crippen molar-refractivity contribution in [3.8, 4) is 0 Å². The van der Waals surface area contributed by atoms with Crippen LogP contribution in [-0.2, 0) is 9.47 Å². The third kappa shape index (κ3) is 3.80. The van der Waals surface area contributed by atoms with Crippen molar-refractivity contribution in [3.05, 3.63) is 26.9 Å². The molecule has 26 heavy (non-hydrogen) atoms. The predicted molar refractivity (Wildman–Crippen MR) is 104 cm³/mol. The highest BCUT2D eigenvalue weighted by Crippen LogP contribution is 2.37. The molecule has 0 radical (unpaired) electrons. The standard InChI is InChI=1S/C17H21BrClFN4O2/c1-21-15-11(7-12(19)13(18)14(15)20)16(22-10-25-2)24-5-3-17(8-24)9-26-6-4-23-17/h7,23H,1,3-6,8-10H2,2H3/b22-16+. The van der Waals surface area contributed by atoms with Crippen LogP contribution < -0.4 is 5.32 Å². The smallest absolute Gasteiger partial charge is 0.165 e. The number of hydrogen-bond donors (Lipinski definition) is 1. The SMILES string of the molecule is C=Nc1c(/C(=N\COC)N2CCC3(COCCN3)C2)cc(Cl)c(Br)c1F. The van der Waals surface area contributed by atoms with Gasteiger partial charge in [-0.15, -0.1) is 0 Å². The summed E-state index contributed by atoms with van der Waals surface area (Å²) in [7, 11) is 1.56. The lowest BCUT2D eigenvalue weighted by molar-refractivity contribution is 0.0335. The number of halogens is 3. The van der Waals surface area contributed by atoms with Crippen molar-refractivity contribution in [2.75, 3.05) is 46.7 Å². The Hall–Kier alpha value is -1.06. The van der Waals surface area contributed by atoms with Crippen LogP contribution in [0.2, 0.25) is 5.02 Å². The number of rotatable bonds is 4. The van der Waals surface area contributed by atoms with Gasteiger partial charge in [-0.2, -0.15) is 0 Å². The fraction of sp³-hybridized carbons (Fsp3) is 0.529. The fourth-order valence-electron chi connectivity index (χ4n) is 3.41. The van der Waals surface area contributed by atoms with Gasteiger partial charge in [0.2, 0.25) is 0 Å². The number of likely N-dealkylation sites (tertiary alicyclic amines) is 1. The molecule has 1 N–H and O–H groups in total. The number of hydrogen-bond acceptors (Lipinski definition) is 5. The van der Waals surface area contributed by atoms with Gasteiger partial charge < -0.3 is 19.7 Å². The van der Waals surface area contributed by atoms with Gasteiger partial charge in [0.15, 0.2) is 5.82 Å². The largest absolute Gasteiger partial charge is 0.378 e. The lowest BCUT2D eigenvalue weighted by Gasteiger charge is -2.35. The van der Waals surface area contributed by atoms with E-state index in [-0.39, 0.29) is 27.5 Å². The van der Waals surface area contributed by atoms with Crippen molar-refractivity contribution < 1.29 is 13.9 Å². The van der Waals surface area contributed by atoms with E-state index in [9.17, 15) is 4.39 Å². The molecule has 142 valence electrons. The molecule has 0 amide bonds. The molecule has 0 saturated carbocycles. The van der Waals surface area contributed by atoms with Crippen molar-refractivity contribution in [1.29, 1.82) is 0 Å². The summed E-state index contributed by atoms with van der Waals surface area (Å²) in [6, 6.07) is 1.66. The molecular weight excluding hydrogens is 427 g/mol. The molecule has 6 nitrogen and oxygen atoms in total. The van der Waals surface area contributed by atoms with Gasteiger partial charge in [0.05, 0.1) is 28.2 Å². The van der Waals surface area contributed by atoms with E-state index in [2.05, 4.69) is 42.8 Å². The molecule has 1 spiro atoms. The molecule has 1 aromatic carbocycles. The predicted octanol–water partition coefficient (Wildman–Crippen LogP) is 2.99. The molecule has 2 saturated heterocycles. The molecule has 3 rings (SSSR count). The quantitative estimate of drug-likeness (QED) is 0.438. The first kappa shape index (κ1) is 19.7. The Morgan fingerprint density at radius 2 is 2.42 bits per heavy atom. The lowest BCUT2D eigenvalue weighted by Crippen LogP contribution is -2.56. The molecule has 0 aromatic heterocycles. The van der Waals surface area contributed by atoms with Gasteiger partial charge in [-0.1, -0.05) is 11.6 Å². The molecular formula is C17H21BrClFN4O2. The van der Waals surface area contributed by atoms with E-state index >= 15 is 0 Å². The van der Waals surface area contributed by atoms with Crippen LogP contribution in [0.25, 0.3) is 0 Å². The van der Waals surface area contributed by atoms with Gasteiger partial charge >= 0.3 is 0 Å². The molecule has 2 heterocycles. The van der Waals surface area contributed by atoms with Crippen molar-refractivity contribution >= 4 is 45.8 Å². The Kier molecular flexibility index (Phi) is 6.29. The van der Waals surface area contributed by atoms with Gasteiger partial charge in [0.25, 0.3) is 0 Å². The number of ether oxygens (including phenoxy) is 2. The summed E-state index contributed by atoms with van der Waals surface area (Å²) in [5.74, 6) is 0.0347. The highest BCUT2D eigenvalue weighted by Gasteiger charge is 2.41. The van der Waals surface area contributed by atoms with Crippen LogP contribution in [0.3, 0.4) is 0 Å². The third-order valence-corrected chi connectivity index (χ3v) is 5.96. The average molecular weight is 448 g/mol. The molecule has 1 atom stereocenters. The van der Waals surface area contributed by atoms with Crippen LogP contribution in [0, 0.1) is 5.82 Å². The summed E-state index contributed by atoms with van der Waals surface area (Å²) >= 11 is 9.34. The van der Waals surface area contributed by atoms with Crippen molar-refractivity contribution in [1.82, 2.24) is 10.2 Å². The number of amidine groups is 1. The topological polar surface area (TPSA) is 58.5 Å². The van der Waals surface area contributed by atoms with Crippen LogP contribution in [-0.4, -0.2) is 69.7 Å². The molecule has 9 heteroatoms. The van der Waals surface area contributed by atoms with Crippen LogP contribution in [0.4, 0.5) is 10.1 Å². The second-order valence-corrected chi connectivity index (χ2v) is 7.57. The van der Waals surface area contributed by atoms with Crippen LogP contribution >= 0.6 is 27.5 Å². The molecule has 1 aromatic rings. The molecule has 2 fully saturated rings. The first-order chi connectivity index (χ1) is 12.5. The maximum absolute atomic E-state index is 14.6. The number of morpholine rings is 1. The first-order valence-electron chi connectivity index (χ1n) is 8.27. The van der Waals surface area contributed by atoms with E-state index in [0.717, 1.165) is 19.5 Å². The number of benzene rings is 1. The zero-order chi connectivity index (χ0) is 18.7. The van der Waals surface area contributed by atoms with Gasteiger partial charge in [0, 0.05) is 32.3 Å². The number of aliphatic imine (C=N–C) groups is 2. The molecule has 2 aliphatic rings. The molecule has 2 aliphatic heterocycles. The fourth-order valence-corrected chi connectivity index (χ4v) is 3.91. The third-order valence-electron chi connectivity index (χ3n) is 4.66. The maximum Gasteiger partial charge on any atom is 0.165 e. The summed E-state index contributed by atoms with van der Waals surface area (Å²) in [5, 5.41) is 3.80. The summed E-state index contributed by atoms with van der Waals surface area (Å²) in [6.45, 7) is 7.27. The van der Waals surface area contributed by atoms with Crippen LogP contribution in [0.1, 0.15) is 12.0 Å². The lowest BCUT2D eigenvalue weighted by atomic mass is 9.99. The van der Waals surface area contributed by atoms with Gasteiger partial charge in [-0.3, -0.25) is 4.99 Å². The van der Waals surface area contributed by atoms with Gasteiger partial charge in [-0.05, 0) is 35.1 Å². The highest BCUT2D eigenvalue weighted by molar-refractivity contribution is 9.10. The van der Waals surface area contributed by atoms with Crippen LogP contribution in [0.15, 0.2) is 20.5 Å². The van der Waals surface area contributed by atoms with E-state index in [1.54, 1.807) is 13.2 Å². The first-order valence-corrected chi connectivity index (χ1v) is 9.44. The Balaban J connectivity index is 1.99. The van der Waals surface area contributed by atoms with E-state index in [4.69, 9.17) is 21.1 Å². The minimum absolute atomic E-state index is 0.116. The summed E-state index contributed by atoms with van der Waals surface area (Å²) in [4.78, 5) is 10.5. The zero-order valence-corrected chi connectivity index (χ0v) is 16.9. The second-order valence-electron chi connectivity index (χ2n) is 6.37. The van der Waals surface area contributed by atoms with Crippen molar-refractivity contribution in [3.63, 3.8) is 0 Å². The van der Waals surface area contributed by atoms with Crippen molar-refractivity contribution in [2.24, 2.45) is 9.98 Å². The maximum atomic E-state index is 14.6. The molecule has 1 unspecified atom stereocenters. The van der Waals surface area contributed by atoms with E-state index in [1.165, 1.54) is 0 Å². The molecule has 0 bridgehead atoms. The van der Waals surface area contributed by atoms with Gasteiger partial charge in [0.1, 0.15) is 18.3 Å². The Morgan fingerprint density at radius 3 is 3.08 bits per heavy atom. The minimum atomic E-state index is -0.555. The Bertz CT molecular complexity index is 725. The monoisotopic (exact) mass is 446 g/mol. The average Bonchev–Trinajstić information content (AvgIpc) is 3.04. The number of methoxy groups -OCH3 is 1. The van der Waals surface area contributed by atoms with E-state index < -0.39 is 5.82 Å². The van der Waals surface area contributed by atoms with Crippen molar-refractivity contribution in [2.45, 2.75) is 12.0 Å². The zero-order valence-electron chi connectivity index (χ0n) is 14.5. The highest BCUT2D eigenvalue weighted by atomic mass is 79.9. The van der Waals surface area contributed by atoms with E-state index in [0.29, 0.717) is 31.2 Å². The normalized spacial score (nSPS) is 23.7. The Morgan fingerprint density at radius 1 is 1.62 bits per heavy atom. The summed E-state index contributed by atoms with van der Waals surface area (Å²) in [5.41, 5.74) is 0.493. The second kappa shape index (κ2) is 8.31. The summed E-state index contributed by atoms with van der Waals surface area (Å²) in [6.07, 6.45) is 0.905. The number of nitrogens with one attached hydrogen (secondary N) is 1. The number of nitrogens with zero attached hydrogens (tertiary/aromatic N) is 3. The Labute approximate surface area is 165 Å². The molecule has 0 aliphatic carbocycles. The van der Waals surface area contributed by atoms with Gasteiger partial charge in [-0.25, -0.2) is 9.38 Å². The summed E-state index contributed by atoms with van der Waals surface area (Å²) < 4.78 is 25.6. The minimum Gasteiger partial charge on any atom is -0.378 e. The van der Waals surface area contributed by atoms with E-state index in [1.807, 2.05) is 0 Å².